The van der Waals surface area contributed by atoms with E-state index in [4.69, 9.17) is 4.74 Å². The first-order valence-corrected chi connectivity index (χ1v) is 7.61. The third kappa shape index (κ3) is 3.85. The van der Waals surface area contributed by atoms with Gasteiger partial charge in [0.05, 0.1) is 6.61 Å². The highest BCUT2D eigenvalue weighted by molar-refractivity contribution is 5.80. The van der Waals surface area contributed by atoms with Crippen LogP contribution in [0.4, 0.5) is 0 Å². The number of nitrogens with one attached hydrogen (secondary N) is 1. The normalized spacial score (nSPS) is 27.0. The Bertz CT molecular complexity index is 311. The summed E-state index contributed by atoms with van der Waals surface area (Å²) in [6.07, 6.45) is 6.69. The largest absolute Gasteiger partial charge is 0.384 e. The molecule has 1 saturated carbocycles. The zero-order valence-corrected chi connectivity index (χ0v) is 12.7. The first kappa shape index (κ1) is 14.6. The molecule has 19 heavy (non-hydrogen) atoms. The van der Waals surface area contributed by atoms with Crippen LogP contribution in [0.5, 0.6) is 0 Å². The lowest BCUT2D eigenvalue weighted by atomic mass is 9.89. The zero-order valence-electron chi connectivity index (χ0n) is 12.7. The van der Waals surface area contributed by atoms with Crippen LogP contribution in [0.25, 0.3) is 0 Å². The summed E-state index contributed by atoms with van der Waals surface area (Å²) < 4.78 is 5.26. The maximum atomic E-state index is 5.26. The summed E-state index contributed by atoms with van der Waals surface area (Å²) in [4.78, 5) is 6.82. The van der Waals surface area contributed by atoms with Gasteiger partial charge in [-0.2, -0.15) is 0 Å². The highest BCUT2D eigenvalue weighted by Gasteiger charge is 2.30. The summed E-state index contributed by atoms with van der Waals surface area (Å²) in [5.74, 6) is 1.73. The second-order valence-corrected chi connectivity index (χ2v) is 6.47. The fourth-order valence-electron chi connectivity index (χ4n) is 3.43. The Labute approximate surface area is 117 Å². The van der Waals surface area contributed by atoms with Crippen molar-refractivity contribution in [3.8, 4) is 0 Å². The Morgan fingerprint density at radius 1 is 1.42 bits per heavy atom. The molecule has 1 N–H and O–H groups in total. The van der Waals surface area contributed by atoms with Crippen molar-refractivity contribution >= 4 is 5.96 Å². The second-order valence-electron chi connectivity index (χ2n) is 6.47. The van der Waals surface area contributed by atoms with Crippen LogP contribution in [0.3, 0.4) is 0 Å². The van der Waals surface area contributed by atoms with Gasteiger partial charge in [-0.1, -0.05) is 19.8 Å². The zero-order chi connectivity index (χ0) is 13.7. The molecular weight excluding hydrogens is 238 g/mol. The smallest absolute Gasteiger partial charge is 0.193 e. The van der Waals surface area contributed by atoms with E-state index in [-0.39, 0.29) is 0 Å². The van der Waals surface area contributed by atoms with Crippen LogP contribution >= 0.6 is 0 Å². The van der Waals surface area contributed by atoms with E-state index in [0.29, 0.717) is 11.3 Å². The highest BCUT2D eigenvalue weighted by atomic mass is 16.5. The van der Waals surface area contributed by atoms with Gasteiger partial charge < -0.3 is 15.0 Å². The van der Waals surface area contributed by atoms with Crippen LogP contribution in [0.15, 0.2) is 4.99 Å². The lowest BCUT2D eigenvalue weighted by Gasteiger charge is -2.28. The lowest BCUT2D eigenvalue weighted by molar-refractivity contribution is 0.157. The Morgan fingerprint density at radius 3 is 2.79 bits per heavy atom. The molecule has 1 aliphatic carbocycles. The Balaban J connectivity index is 1.81. The van der Waals surface area contributed by atoms with E-state index >= 15 is 0 Å². The summed E-state index contributed by atoms with van der Waals surface area (Å²) in [6, 6.07) is 0. The van der Waals surface area contributed by atoms with Gasteiger partial charge in [-0.25, -0.2) is 0 Å². The van der Waals surface area contributed by atoms with Crippen molar-refractivity contribution in [1.82, 2.24) is 10.2 Å². The van der Waals surface area contributed by atoms with Gasteiger partial charge in [-0.15, -0.1) is 0 Å². The van der Waals surface area contributed by atoms with Crippen LogP contribution in [-0.4, -0.2) is 51.3 Å². The number of guanidine groups is 1. The predicted molar refractivity (Wildman–Crippen MR) is 79.5 cm³/mol. The highest BCUT2D eigenvalue weighted by Crippen LogP contribution is 2.36. The average molecular weight is 267 g/mol. The van der Waals surface area contributed by atoms with Gasteiger partial charge in [-0.3, -0.25) is 4.99 Å². The maximum absolute atomic E-state index is 5.26. The Morgan fingerprint density at radius 2 is 2.16 bits per heavy atom. The molecule has 2 fully saturated rings. The molecule has 1 heterocycles. The third-order valence-electron chi connectivity index (χ3n) is 4.68. The topological polar surface area (TPSA) is 36.9 Å². The maximum Gasteiger partial charge on any atom is 0.193 e. The summed E-state index contributed by atoms with van der Waals surface area (Å²) in [7, 11) is 3.68. The molecule has 0 radical (unpaired) electrons. The minimum absolute atomic E-state index is 0.474. The molecule has 1 unspecified atom stereocenters. The van der Waals surface area contributed by atoms with Crippen LogP contribution in [-0.2, 0) is 4.74 Å². The fourth-order valence-corrected chi connectivity index (χ4v) is 3.43. The van der Waals surface area contributed by atoms with Crippen molar-refractivity contribution in [2.45, 2.75) is 39.0 Å². The fraction of sp³-hybridized carbons (Fsp3) is 0.933. The molecule has 0 bridgehead atoms. The number of likely N-dealkylation sites (tertiary alicyclic amines) is 1. The molecule has 2 rings (SSSR count). The monoisotopic (exact) mass is 267 g/mol. The SMILES string of the molecule is CN=C(NCC1(C)CCCC1)N1CCC(COC)C1. The number of hydrogen-bond donors (Lipinski definition) is 1. The molecule has 0 aromatic carbocycles. The summed E-state index contributed by atoms with van der Waals surface area (Å²) >= 11 is 0. The molecule has 0 spiro atoms. The molecule has 4 heteroatoms. The van der Waals surface area contributed by atoms with Crippen LogP contribution in [0, 0.1) is 11.3 Å². The molecule has 1 aliphatic heterocycles. The van der Waals surface area contributed by atoms with Crippen molar-refractivity contribution < 1.29 is 4.74 Å². The number of ether oxygens (including phenoxy) is 1. The van der Waals surface area contributed by atoms with Gasteiger partial charge >= 0.3 is 0 Å². The average Bonchev–Trinajstić information content (AvgIpc) is 3.01. The van der Waals surface area contributed by atoms with Crippen molar-refractivity contribution in [2.24, 2.45) is 16.3 Å². The predicted octanol–water partition coefficient (Wildman–Crippen LogP) is 2.11. The van der Waals surface area contributed by atoms with E-state index in [0.717, 1.165) is 32.2 Å². The van der Waals surface area contributed by atoms with Crippen molar-refractivity contribution in [3.05, 3.63) is 0 Å². The first-order valence-electron chi connectivity index (χ1n) is 7.61. The van der Waals surface area contributed by atoms with E-state index in [2.05, 4.69) is 22.1 Å². The molecule has 1 saturated heterocycles. The van der Waals surface area contributed by atoms with Crippen molar-refractivity contribution in [1.29, 1.82) is 0 Å². The second kappa shape index (κ2) is 6.60. The van der Waals surface area contributed by atoms with E-state index in [1.54, 1.807) is 7.11 Å². The summed E-state index contributed by atoms with van der Waals surface area (Å²) in [6.45, 7) is 6.50. The Kier molecular flexibility index (Phi) is 5.08. The number of methoxy groups -OCH3 is 1. The molecule has 0 amide bonds. The van der Waals surface area contributed by atoms with Gasteiger partial charge in [0.1, 0.15) is 0 Å². The summed E-state index contributed by atoms with van der Waals surface area (Å²) in [5, 5.41) is 3.59. The van der Waals surface area contributed by atoms with Gasteiger partial charge in [0.2, 0.25) is 0 Å². The first-order chi connectivity index (χ1) is 9.17. The van der Waals surface area contributed by atoms with E-state index in [9.17, 15) is 0 Å². The number of hydrogen-bond acceptors (Lipinski definition) is 2. The lowest BCUT2D eigenvalue weighted by Crippen LogP contribution is -2.44. The minimum Gasteiger partial charge on any atom is -0.384 e. The van der Waals surface area contributed by atoms with Gasteiger partial charge in [0.15, 0.2) is 5.96 Å². The number of aliphatic imine (C=N–C) groups is 1. The minimum atomic E-state index is 0.474. The third-order valence-corrected chi connectivity index (χ3v) is 4.68. The van der Waals surface area contributed by atoms with E-state index < -0.39 is 0 Å². The van der Waals surface area contributed by atoms with Crippen molar-refractivity contribution in [3.63, 3.8) is 0 Å². The van der Waals surface area contributed by atoms with Crippen molar-refractivity contribution in [2.75, 3.05) is 40.4 Å². The van der Waals surface area contributed by atoms with Gasteiger partial charge in [0.25, 0.3) is 0 Å². The Hall–Kier alpha value is -0.770. The molecule has 0 aromatic heterocycles. The van der Waals surface area contributed by atoms with Crippen LogP contribution < -0.4 is 5.32 Å². The van der Waals surface area contributed by atoms with Gasteiger partial charge in [-0.05, 0) is 24.7 Å². The molecule has 2 aliphatic rings. The molecule has 1 atom stereocenters. The standard InChI is InChI=1S/C15H29N3O/c1-15(7-4-5-8-15)12-17-14(16-2)18-9-6-13(10-18)11-19-3/h13H,4-12H2,1-3H3,(H,16,17). The molecular formula is C15H29N3O. The van der Waals surface area contributed by atoms with Gasteiger partial charge in [0, 0.05) is 39.7 Å². The van der Waals surface area contributed by atoms with E-state index in [1.807, 2.05) is 7.05 Å². The molecule has 0 aromatic rings. The number of nitrogens with zero attached hydrogens (tertiary/aromatic N) is 2. The molecule has 110 valence electrons. The summed E-state index contributed by atoms with van der Waals surface area (Å²) in [5.41, 5.74) is 0.474. The van der Waals surface area contributed by atoms with Crippen LogP contribution in [0.1, 0.15) is 39.0 Å². The quantitative estimate of drug-likeness (QED) is 0.626. The van der Waals surface area contributed by atoms with Crippen LogP contribution in [0.2, 0.25) is 0 Å². The van der Waals surface area contributed by atoms with E-state index in [1.165, 1.54) is 32.1 Å². The molecule has 4 nitrogen and oxygen atoms in total. The number of rotatable bonds is 4.